The number of halogens is 1. The Balaban J connectivity index is 1.74. The Morgan fingerprint density at radius 1 is 1.46 bits per heavy atom. The second-order valence-electron chi connectivity index (χ2n) is 6.67. The fourth-order valence-corrected chi connectivity index (χ4v) is 3.82. The van der Waals surface area contributed by atoms with Gasteiger partial charge in [0.1, 0.15) is 11.3 Å². The molecule has 1 atom stereocenters. The topological polar surface area (TPSA) is 91.7 Å². The largest absolute Gasteiger partial charge is 0.366 e. The van der Waals surface area contributed by atoms with Crippen LogP contribution in [0, 0.1) is 6.92 Å². The molecule has 0 saturated carbocycles. The Hall–Kier alpha value is -2.61. The predicted octanol–water partition coefficient (Wildman–Crippen LogP) is 2.04. The first-order valence-corrected chi connectivity index (χ1v) is 8.87. The minimum Gasteiger partial charge on any atom is -0.366 e. The molecule has 3 aromatic rings. The summed E-state index contributed by atoms with van der Waals surface area (Å²) < 4.78 is 1.76. The average molecular weight is 374 g/mol. The Morgan fingerprint density at radius 2 is 2.27 bits per heavy atom. The number of aryl methyl sites for hydroxylation is 2. The van der Waals surface area contributed by atoms with Gasteiger partial charge in [-0.15, -0.1) is 0 Å². The molecule has 1 aliphatic heterocycles. The highest BCUT2D eigenvalue weighted by molar-refractivity contribution is 6.34. The highest BCUT2D eigenvalue weighted by Crippen LogP contribution is 2.35. The average Bonchev–Trinajstić information content (AvgIpc) is 3.25. The van der Waals surface area contributed by atoms with Crippen molar-refractivity contribution in [3.63, 3.8) is 0 Å². The maximum Gasteiger partial charge on any atom is 0.217 e. The fourth-order valence-electron chi connectivity index (χ4n) is 3.56. The van der Waals surface area contributed by atoms with Crippen LogP contribution in [0.3, 0.4) is 0 Å². The highest BCUT2D eigenvalue weighted by atomic mass is 35.5. The van der Waals surface area contributed by atoms with Gasteiger partial charge in [-0.1, -0.05) is 11.6 Å². The van der Waals surface area contributed by atoms with Crippen LogP contribution in [0.25, 0.3) is 22.6 Å². The lowest BCUT2D eigenvalue weighted by atomic mass is 10.2. The van der Waals surface area contributed by atoms with Crippen molar-refractivity contribution < 1.29 is 4.79 Å². The van der Waals surface area contributed by atoms with Crippen LogP contribution in [0.4, 0.5) is 5.69 Å². The molecule has 26 heavy (non-hydrogen) atoms. The number of pyridine rings is 1. The van der Waals surface area contributed by atoms with Gasteiger partial charge in [-0.3, -0.25) is 9.48 Å². The van der Waals surface area contributed by atoms with Crippen molar-refractivity contribution in [2.75, 3.05) is 18.0 Å². The Bertz CT molecular complexity index is 993. The van der Waals surface area contributed by atoms with E-state index in [1.54, 1.807) is 10.9 Å². The normalized spacial score (nSPS) is 17.2. The Morgan fingerprint density at radius 3 is 2.96 bits per heavy atom. The summed E-state index contributed by atoms with van der Waals surface area (Å²) >= 11 is 6.47. The molecule has 1 fully saturated rings. The molecule has 3 aromatic heterocycles. The van der Waals surface area contributed by atoms with E-state index in [2.05, 4.69) is 30.3 Å². The molecule has 0 aromatic carbocycles. The number of imidazole rings is 1. The molecule has 9 heteroatoms. The van der Waals surface area contributed by atoms with Crippen LogP contribution in [0.15, 0.2) is 12.4 Å². The second-order valence-corrected chi connectivity index (χ2v) is 7.08. The quantitative estimate of drug-likeness (QED) is 0.733. The molecule has 0 aliphatic carbocycles. The molecular weight excluding hydrogens is 354 g/mol. The summed E-state index contributed by atoms with van der Waals surface area (Å²) in [6.07, 6.45) is 4.44. The van der Waals surface area contributed by atoms with Gasteiger partial charge in [0.15, 0.2) is 5.65 Å². The Kier molecular flexibility index (Phi) is 4.07. The van der Waals surface area contributed by atoms with Gasteiger partial charge >= 0.3 is 0 Å². The maximum atomic E-state index is 11.3. The van der Waals surface area contributed by atoms with Crippen molar-refractivity contribution in [3.05, 3.63) is 23.1 Å². The minimum absolute atomic E-state index is 0.0151. The van der Waals surface area contributed by atoms with Gasteiger partial charge in [0.05, 0.1) is 28.2 Å². The molecule has 4 heterocycles. The SMILES string of the molecule is CC(=O)N[C@@H]1CCN(c2c(Cl)cnc3nc(-c4cn(C)nc4C)[nH]c23)C1. The predicted molar refractivity (Wildman–Crippen MR) is 100 cm³/mol. The molecule has 2 N–H and O–H groups in total. The molecule has 0 bridgehead atoms. The summed E-state index contributed by atoms with van der Waals surface area (Å²) in [5, 5.41) is 7.91. The molecule has 1 saturated heterocycles. The van der Waals surface area contributed by atoms with Crippen molar-refractivity contribution in [1.29, 1.82) is 0 Å². The first-order valence-electron chi connectivity index (χ1n) is 8.49. The van der Waals surface area contributed by atoms with Gasteiger partial charge in [-0.25, -0.2) is 9.97 Å². The molecule has 8 nitrogen and oxygen atoms in total. The maximum absolute atomic E-state index is 11.3. The van der Waals surface area contributed by atoms with E-state index in [-0.39, 0.29) is 11.9 Å². The number of anilines is 1. The van der Waals surface area contributed by atoms with Crippen LogP contribution in [-0.2, 0) is 11.8 Å². The standard InChI is InChI=1S/C17H20ClN7O/c1-9-12(8-24(3)23-9)16-21-14-15(13(18)6-19-17(14)22-16)25-5-4-11(7-25)20-10(2)26/h6,8,11H,4-5,7H2,1-3H3,(H,20,26)(H,19,21,22)/t11-/m1/s1. The highest BCUT2D eigenvalue weighted by Gasteiger charge is 2.27. The van der Waals surface area contributed by atoms with E-state index < -0.39 is 0 Å². The lowest BCUT2D eigenvalue weighted by Crippen LogP contribution is -2.35. The summed E-state index contributed by atoms with van der Waals surface area (Å²) in [4.78, 5) is 25.9. The lowest BCUT2D eigenvalue weighted by Gasteiger charge is -2.20. The Labute approximate surface area is 155 Å². The van der Waals surface area contributed by atoms with E-state index >= 15 is 0 Å². The van der Waals surface area contributed by atoms with Crippen LogP contribution in [0.5, 0.6) is 0 Å². The zero-order valence-corrected chi connectivity index (χ0v) is 15.6. The van der Waals surface area contributed by atoms with Crippen molar-refractivity contribution >= 4 is 34.4 Å². The molecule has 136 valence electrons. The van der Waals surface area contributed by atoms with Crippen molar-refractivity contribution in [2.45, 2.75) is 26.3 Å². The molecule has 1 amide bonds. The summed E-state index contributed by atoms with van der Waals surface area (Å²) in [5.41, 5.74) is 4.13. The molecule has 0 spiro atoms. The smallest absolute Gasteiger partial charge is 0.217 e. The van der Waals surface area contributed by atoms with E-state index in [4.69, 9.17) is 11.6 Å². The first kappa shape index (κ1) is 16.8. The number of hydrogen-bond donors (Lipinski definition) is 2. The molecular formula is C17H20ClN7O. The summed E-state index contributed by atoms with van der Waals surface area (Å²) in [6.45, 7) is 5.00. The minimum atomic E-state index is -0.0151. The number of amides is 1. The first-order chi connectivity index (χ1) is 12.4. The van der Waals surface area contributed by atoms with Gasteiger partial charge in [0.25, 0.3) is 0 Å². The fraction of sp³-hybridized carbons (Fsp3) is 0.412. The molecule has 4 rings (SSSR count). The van der Waals surface area contributed by atoms with Gasteiger partial charge in [0, 0.05) is 39.3 Å². The summed E-state index contributed by atoms with van der Waals surface area (Å²) in [5.74, 6) is 0.706. The van der Waals surface area contributed by atoms with Crippen LogP contribution >= 0.6 is 11.6 Å². The van der Waals surface area contributed by atoms with Gasteiger partial charge in [-0.05, 0) is 13.3 Å². The lowest BCUT2D eigenvalue weighted by molar-refractivity contribution is -0.119. The number of aromatic nitrogens is 5. The van der Waals surface area contributed by atoms with Crippen LogP contribution in [0.1, 0.15) is 19.0 Å². The van der Waals surface area contributed by atoms with Crippen LogP contribution < -0.4 is 10.2 Å². The number of nitrogens with one attached hydrogen (secondary N) is 2. The number of hydrogen-bond acceptors (Lipinski definition) is 5. The van der Waals surface area contributed by atoms with Crippen molar-refractivity contribution in [2.24, 2.45) is 7.05 Å². The van der Waals surface area contributed by atoms with E-state index in [1.807, 2.05) is 20.2 Å². The van der Waals surface area contributed by atoms with Gasteiger partial charge in [0.2, 0.25) is 5.91 Å². The van der Waals surface area contributed by atoms with E-state index in [1.165, 1.54) is 6.92 Å². The van der Waals surface area contributed by atoms with Crippen molar-refractivity contribution in [1.82, 2.24) is 30.0 Å². The zero-order chi connectivity index (χ0) is 18.4. The number of H-pyrrole nitrogens is 1. The van der Waals surface area contributed by atoms with Crippen molar-refractivity contribution in [3.8, 4) is 11.4 Å². The molecule has 0 unspecified atom stereocenters. The third-order valence-electron chi connectivity index (χ3n) is 4.63. The third-order valence-corrected chi connectivity index (χ3v) is 4.90. The van der Waals surface area contributed by atoms with Crippen LogP contribution in [0.2, 0.25) is 5.02 Å². The monoisotopic (exact) mass is 373 g/mol. The van der Waals surface area contributed by atoms with Gasteiger partial charge < -0.3 is 15.2 Å². The summed E-state index contributed by atoms with van der Waals surface area (Å²) in [6, 6.07) is 0.120. The zero-order valence-electron chi connectivity index (χ0n) is 14.9. The number of rotatable bonds is 3. The number of carbonyl (C=O) groups excluding carboxylic acids is 1. The number of carbonyl (C=O) groups is 1. The summed E-state index contributed by atoms with van der Waals surface area (Å²) in [7, 11) is 1.88. The van der Waals surface area contributed by atoms with E-state index in [9.17, 15) is 4.79 Å². The number of nitrogens with zero attached hydrogens (tertiary/aromatic N) is 5. The van der Waals surface area contributed by atoms with Crippen LogP contribution in [-0.4, -0.2) is 49.8 Å². The third kappa shape index (κ3) is 2.90. The number of fused-ring (bicyclic) bond motifs is 1. The number of aromatic amines is 1. The molecule has 0 radical (unpaired) electrons. The second kappa shape index (κ2) is 6.28. The molecule has 1 aliphatic rings. The van der Waals surface area contributed by atoms with E-state index in [0.717, 1.165) is 41.3 Å². The van der Waals surface area contributed by atoms with E-state index in [0.29, 0.717) is 17.2 Å². The van der Waals surface area contributed by atoms with Gasteiger partial charge in [-0.2, -0.15) is 5.10 Å².